The summed E-state index contributed by atoms with van der Waals surface area (Å²) in [5.41, 5.74) is 2.99. The van der Waals surface area contributed by atoms with Gasteiger partial charge in [-0.05, 0) is 59.1 Å². The van der Waals surface area contributed by atoms with Crippen LogP contribution in [0.2, 0.25) is 0 Å². The summed E-state index contributed by atoms with van der Waals surface area (Å²) in [5.74, 6) is -4.49. The average Bonchev–Trinajstić information content (AvgIpc) is 3.42. The Morgan fingerprint density at radius 2 is 1.49 bits per heavy atom. The fourth-order valence-corrected chi connectivity index (χ4v) is 5.21. The topological polar surface area (TPSA) is 209 Å². The second-order valence-electron chi connectivity index (χ2n) is 13.6. The highest BCUT2D eigenvalue weighted by atomic mass is 16.7. The van der Waals surface area contributed by atoms with Crippen LogP contribution in [0.3, 0.4) is 0 Å². The summed E-state index contributed by atoms with van der Waals surface area (Å²) in [5, 5.41) is 4.91. The summed E-state index contributed by atoms with van der Waals surface area (Å²) in [4.78, 5) is 76.3. The second kappa shape index (κ2) is 16.5. The van der Waals surface area contributed by atoms with Crippen molar-refractivity contribution in [2.75, 3.05) is 13.7 Å². The number of hydrogen-bond acceptors (Lipinski definition) is 12. The standard InChI is InChI=1S/C34H45N3O12/c1-33(2,3)48-31(42)36-23(15-19-11-9-8-10-12-19)28(40)45-17-20-13-14-21-22(27(39)44-7)18-46-30(26(20)21)47-29(41)24(16-25(35)38)37-32(43)49-34(4,5)6/h8-13,18,21,23-24,26,30H,14-17H2,1-7H3,(H2,35,38)(H,36,42)(H,37,43)/p+1. The number of nitrogens with one attached hydrogen (secondary N) is 2. The minimum absolute atomic E-state index is 0.111. The zero-order valence-corrected chi connectivity index (χ0v) is 28.9. The Hall–Kier alpha value is -4.92. The van der Waals surface area contributed by atoms with E-state index in [1.165, 1.54) is 7.11 Å². The molecule has 2 aliphatic rings. The monoisotopic (exact) mass is 688 g/mol. The lowest BCUT2D eigenvalue weighted by Crippen LogP contribution is -2.60. The first kappa shape index (κ1) is 38.5. The molecule has 1 heterocycles. The number of amides is 3. The van der Waals surface area contributed by atoms with E-state index in [4.69, 9.17) is 28.4 Å². The van der Waals surface area contributed by atoms with Crippen LogP contribution in [-0.4, -0.2) is 79.3 Å². The van der Waals surface area contributed by atoms with E-state index in [1.54, 1.807) is 71.9 Å². The van der Waals surface area contributed by atoms with E-state index in [1.807, 2.05) is 6.07 Å². The number of hydrogen-bond donors (Lipinski definition) is 3. The van der Waals surface area contributed by atoms with Gasteiger partial charge in [0.1, 0.15) is 29.9 Å². The van der Waals surface area contributed by atoms with Gasteiger partial charge in [-0.15, -0.1) is 0 Å². The maximum absolute atomic E-state index is 13.4. The number of carbonyl (C=O) groups is 6. The number of methoxy groups -OCH3 is 1. The molecule has 0 radical (unpaired) electrons. The molecule has 3 amide bonds. The molecular weight excluding hydrogens is 642 g/mol. The molecule has 1 aliphatic heterocycles. The third-order valence-electron chi connectivity index (χ3n) is 7.22. The van der Waals surface area contributed by atoms with Crippen molar-refractivity contribution in [1.82, 2.24) is 10.6 Å². The first-order valence-electron chi connectivity index (χ1n) is 15.7. The first-order chi connectivity index (χ1) is 22.9. The maximum atomic E-state index is 13.4. The molecule has 15 heteroatoms. The van der Waals surface area contributed by atoms with E-state index in [9.17, 15) is 28.8 Å². The molecule has 5 atom stereocenters. The number of alkyl carbamates (subject to hydrolysis) is 2. The van der Waals surface area contributed by atoms with E-state index < -0.39 is 83.8 Å². The molecule has 1 aromatic rings. The van der Waals surface area contributed by atoms with Crippen LogP contribution in [0.4, 0.5) is 9.59 Å². The van der Waals surface area contributed by atoms with Crippen molar-refractivity contribution in [3.8, 4) is 0 Å². The molecule has 0 fully saturated rings. The molecule has 3 rings (SSSR count). The van der Waals surface area contributed by atoms with Gasteiger partial charge in [0.2, 0.25) is 0 Å². The molecule has 0 saturated carbocycles. The van der Waals surface area contributed by atoms with E-state index >= 15 is 0 Å². The van der Waals surface area contributed by atoms with Crippen LogP contribution in [0.15, 0.2) is 53.8 Å². The maximum Gasteiger partial charge on any atom is 0.408 e. The van der Waals surface area contributed by atoms with Crippen LogP contribution in [0.25, 0.3) is 0 Å². The van der Waals surface area contributed by atoms with Crippen LogP contribution in [0.1, 0.15) is 59.9 Å². The molecule has 0 spiro atoms. The Morgan fingerprint density at radius 3 is 2.04 bits per heavy atom. The third kappa shape index (κ3) is 11.9. The lowest BCUT2D eigenvalue weighted by atomic mass is 9.83. The number of fused-ring (bicyclic) bond motifs is 1. The minimum atomic E-state index is -1.46. The molecule has 5 N–H and O–H groups in total. The SMILES string of the molecule is COC(=O)C1=COC(OC(=O)C(CC([NH3+])=O)NC(=O)OC(C)(C)C)C2C(COC(=O)C(Cc3ccccc3)NC(=O)OC(C)(C)C)=CCC12. The summed E-state index contributed by atoms with van der Waals surface area (Å²) in [6, 6.07) is 6.44. The Labute approximate surface area is 284 Å². The van der Waals surface area contributed by atoms with Gasteiger partial charge in [-0.25, -0.2) is 28.8 Å². The zero-order valence-electron chi connectivity index (χ0n) is 28.9. The summed E-state index contributed by atoms with van der Waals surface area (Å²) in [7, 11) is 1.21. The number of allylic oxidation sites excluding steroid dienone is 1. The zero-order chi connectivity index (χ0) is 36.5. The van der Waals surface area contributed by atoms with Crippen molar-refractivity contribution >= 4 is 36.0 Å². The molecular formula is C34H46N3O12+. The van der Waals surface area contributed by atoms with Crippen LogP contribution >= 0.6 is 0 Å². The Balaban J connectivity index is 1.81. The van der Waals surface area contributed by atoms with E-state index in [-0.39, 0.29) is 25.0 Å². The van der Waals surface area contributed by atoms with Crippen molar-refractivity contribution in [2.24, 2.45) is 11.8 Å². The second-order valence-corrected chi connectivity index (χ2v) is 13.6. The van der Waals surface area contributed by atoms with Gasteiger partial charge in [-0.3, -0.25) is 5.73 Å². The van der Waals surface area contributed by atoms with Crippen molar-refractivity contribution in [3.05, 3.63) is 59.4 Å². The highest BCUT2D eigenvalue weighted by molar-refractivity contribution is 5.89. The highest BCUT2D eigenvalue weighted by Gasteiger charge is 2.47. The predicted molar refractivity (Wildman–Crippen MR) is 171 cm³/mol. The predicted octanol–water partition coefficient (Wildman–Crippen LogP) is 2.24. The van der Waals surface area contributed by atoms with Gasteiger partial charge in [0.25, 0.3) is 6.29 Å². The average molecular weight is 689 g/mol. The molecule has 1 aliphatic carbocycles. The summed E-state index contributed by atoms with van der Waals surface area (Å²) < 4.78 is 32.5. The van der Waals surface area contributed by atoms with Crippen molar-refractivity contribution in [3.63, 3.8) is 0 Å². The first-order valence-corrected chi connectivity index (χ1v) is 15.7. The fraction of sp³-hybridized carbons (Fsp3) is 0.529. The molecule has 15 nitrogen and oxygen atoms in total. The Bertz CT molecular complexity index is 1460. The smallest absolute Gasteiger partial charge is 0.408 e. The third-order valence-corrected chi connectivity index (χ3v) is 7.22. The number of ether oxygens (including phenoxy) is 6. The summed E-state index contributed by atoms with van der Waals surface area (Å²) >= 11 is 0. The van der Waals surface area contributed by atoms with Gasteiger partial charge < -0.3 is 39.1 Å². The summed E-state index contributed by atoms with van der Waals surface area (Å²) in [6.45, 7) is 9.67. The normalized spacial score (nSPS) is 19.7. The molecule has 5 unspecified atom stereocenters. The Morgan fingerprint density at radius 1 is 0.898 bits per heavy atom. The minimum Gasteiger partial charge on any atom is -0.466 e. The van der Waals surface area contributed by atoms with Gasteiger partial charge in [0, 0.05) is 12.3 Å². The number of benzene rings is 1. The molecule has 1 aromatic carbocycles. The van der Waals surface area contributed by atoms with Gasteiger partial charge in [-0.2, -0.15) is 0 Å². The van der Waals surface area contributed by atoms with Crippen molar-refractivity contribution < 1.29 is 62.9 Å². The molecule has 268 valence electrons. The molecule has 49 heavy (non-hydrogen) atoms. The van der Waals surface area contributed by atoms with Gasteiger partial charge in [0.05, 0.1) is 31.3 Å². The van der Waals surface area contributed by atoms with E-state index in [0.29, 0.717) is 5.57 Å². The lowest BCUT2D eigenvalue weighted by molar-refractivity contribution is -0.306. The lowest BCUT2D eigenvalue weighted by Gasteiger charge is -2.35. The molecule has 0 saturated heterocycles. The largest absolute Gasteiger partial charge is 0.466 e. The van der Waals surface area contributed by atoms with E-state index in [0.717, 1.165) is 11.8 Å². The molecule has 0 aromatic heterocycles. The Kier molecular flexibility index (Phi) is 12.9. The van der Waals surface area contributed by atoms with Crippen LogP contribution < -0.4 is 16.4 Å². The summed E-state index contributed by atoms with van der Waals surface area (Å²) in [6.07, 6.45) is -0.325. The van der Waals surface area contributed by atoms with Gasteiger partial charge in [-0.1, -0.05) is 36.4 Å². The highest BCUT2D eigenvalue weighted by Crippen LogP contribution is 2.44. The van der Waals surface area contributed by atoms with E-state index in [2.05, 4.69) is 16.4 Å². The number of esters is 3. The van der Waals surface area contributed by atoms with Crippen LogP contribution in [0, 0.1) is 11.8 Å². The number of rotatable bonds is 12. The molecule has 0 bridgehead atoms. The van der Waals surface area contributed by atoms with Gasteiger partial charge >= 0.3 is 36.0 Å². The number of quaternary nitrogens is 1. The number of carbonyl (C=O) groups excluding carboxylic acids is 6. The van der Waals surface area contributed by atoms with Crippen molar-refractivity contribution in [1.29, 1.82) is 0 Å². The quantitative estimate of drug-likeness (QED) is 0.164. The van der Waals surface area contributed by atoms with Crippen molar-refractivity contribution in [2.45, 2.75) is 90.4 Å². The van der Waals surface area contributed by atoms with Crippen LogP contribution in [0.5, 0.6) is 0 Å². The van der Waals surface area contributed by atoms with Crippen LogP contribution in [-0.2, 0) is 54.0 Å². The van der Waals surface area contributed by atoms with Gasteiger partial charge in [0.15, 0.2) is 0 Å². The fourth-order valence-electron chi connectivity index (χ4n) is 5.21.